The summed E-state index contributed by atoms with van der Waals surface area (Å²) >= 11 is 0. The van der Waals surface area contributed by atoms with Crippen molar-refractivity contribution < 1.29 is 0 Å². The van der Waals surface area contributed by atoms with Crippen LogP contribution in [0.1, 0.15) is 20.3 Å². The molecule has 0 radical (unpaired) electrons. The van der Waals surface area contributed by atoms with Crippen LogP contribution in [0.2, 0.25) is 0 Å². The molecule has 0 saturated carbocycles. The summed E-state index contributed by atoms with van der Waals surface area (Å²) in [5.74, 6) is 0. The average molecular weight is 226 g/mol. The number of nitrogens with zero attached hydrogens (tertiary/aromatic N) is 3. The Morgan fingerprint density at radius 1 is 1.25 bits per heavy atom. The zero-order valence-corrected chi connectivity index (χ0v) is 11.4. The van der Waals surface area contributed by atoms with Crippen molar-refractivity contribution in [1.29, 1.82) is 5.26 Å². The number of nitrogens with one attached hydrogen (secondary N) is 1. The average Bonchev–Trinajstić information content (AvgIpc) is 2.23. The lowest BCUT2D eigenvalue weighted by atomic mass is 10.0. The van der Waals surface area contributed by atoms with E-state index in [0.29, 0.717) is 0 Å². The molecule has 0 aromatic carbocycles. The second kappa shape index (κ2) is 7.61. The van der Waals surface area contributed by atoms with Gasteiger partial charge in [-0.3, -0.25) is 5.32 Å². The van der Waals surface area contributed by atoms with Gasteiger partial charge in [-0.15, -0.1) is 0 Å². The zero-order valence-electron chi connectivity index (χ0n) is 11.4. The van der Waals surface area contributed by atoms with Gasteiger partial charge in [0.1, 0.15) is 5.54 Å². The molecule has 0 aliphatic rings. The molecule has 1 atom stereocenters. The first kappa shape index (κ1) is 15.4. The maximum absolute atomic E-state index is 9.19. The van der Waals surface area contributed by atoms with Gasteiger partial charge in [0.25, 0.3) is 0 Å². The summed E-state index contributed by atoms with van der Waals surface area (Å²) in [7, 11) is 6.19. The fourth-order valence-corrected chi connectivity index (χ4v) is 1.52. The topological polar surface area (TPSA) is 42.3 Å². The van der Waals surface area contributed by atoms with Crippen LogP contribution in [-0.2, 0) is 0 Å². The van der Waals surface area contributed by atoms with Gasteiger partial charge in [-0.2, -0.15) is 5.26 Å². The van der Waals surface area contributed by atoms with Crippen LogP contribution in [0.5, 0.6) is 0 Å². The lowest BCUT2D eigenvalue weighted by Gasteiger charge is -2.29. The minimum absolute atomic E-state index is 0.433. The summed E-state index contributed by atoms with van der Waals surface area (Å²) in [6, 6.07) is 2.37. The Kier molecular flexibility index (Phi) is 7.31. The van der Waals surface area contributed by atoms with Gasteiger partial charge in [0.05, 0.1) is 6.07 Å². The molecule has 0 rings (SSSR count). The van der Waals surface area contributed by atoms with Crippen LogP contribution in [0.3, 0.4) is 0 Å². The molecule has 1 N–H and O–H groups in total. The lowest BCUT2D eigenvalue weighted by molar-refractivity contribution is 0.236. The molecule has 16 heavy (non-hydrogen) atoms. The number of rotatable bonds is 8. The summed E-state index contributed by atoms with van der Waals surface area (Å²) in [5, 5.41) is 12.5. The Balaban J connectivity index is 4.05. The number of hydrogen-bond acceptors (Lipinski definition) is 4. The third kappa shape index (κ3) is 6.78. The Labute approximate surface area is 100 Å². The van der Waals surface area contributed by atoms with Gasteiger partial charge in [0.15, 0.2) is 0 Å². The fraction of sp³-hybridized carbons (Fsp3) is 0.917. The standard InChI is InChI=1S/C12H26N4/c1-6-7-14-12(2,10-13)11-16(5)9-8-15(3)4/h14H,6-9,11H2,1-5H3. The van der Waals surface area contributed by atoms with Crippen LogP contribution in [0.25, 0.3) is 0 Å². The van der Waals surface area contributed by atoms with Crippen molar-refractivity contribution in [2.45, 2.75) is 25.8 Å². The second-order valence-electron chi connectivity index (χ2n) is 4.91. The summed E-state index contributed by atoms with van der Waals surface area (Å²) in [6.45, 7) is 7.74. The summed E-state index contributed by atoms with van der Waals surface area (Å²) in [6.07, 6.45) is 1.05. The highest BCUT2D eigenvalue weighted by atomic mass is 15.2. The fourth-order valence-electron chi connectivity index (χ4n) is 1.52. The first-order valence-electron chi connectivity index (χ1n) is 5.93. The lowest BCUT2D eigenvalue weighted by Crippen LogP contribution is -2.50. The maximum atomic E-state index is 9.19. The molecule has 0 heterocycles. The molecule has 0 aliphatic heterocycles. The molecule has 0 aromatic heterocycles. The van der Waals surface area contributed by atoms with E-state index in [2.05, 4.69) is 49.3 Å². The Bertz CT molecular complexity index is 222. The van der Waals surface area contributed by atoms with Gasteiger partial charge in [-0.05, 0) is 41.0 Å². The molecule has 0 saturated heterocycles. The molecule has 0 amide bonds. The first-order valence-corrected chi connectivity index (χ1v) is 5.93. The molecule has 1 unspecified atom stereocenters. The van der Waals surface area contributed by atoms with Crippen LogP contribution in [0.15, 0.2) is 0 Å². The van der Waals surface area contributed by atoms with E-state index in [4.69, 9.17) is 0 Å². The third-order valence-corrected chi connectivity index (χ3v) is 2.53. The van der Waals surface area contributed by atoms with E-state index in [1.54, 1.807) is 0 Å². The van der Waals surface area contributed by atoms with E-state index in [1.165, 1.54) is 0 Å². The predicted octanol–water partition coefficient (Wildman–Crippen LogP) is 0.762. The molecule has 94 valence electrons. The highest BCUT2D eigenvalue weighted by molar-refractivity contribution is 5.05. The van der Waals surface area contributed by atoms with E-state index in [-0.39, 0.29) is 0 Å². The Morgan fingerprint density at radius 3 is 2.31 bits per heavy atom. The summed E-state index contributed by atoms with van der Waals surface area (Å²) in [5.41, 5.74) is -0.433. The molecule has 4 heteroatoms. The van der Waals surface area contributed by atoms with E-state index >= 15 is 0 Å². The summed E-state index contributed by atoms with van der Waals surface area (Å²) < 4.78 is 0. The molecule has 0 bridgehead atoms. The maximum Gasteiger partial charge on any atom is 0.116 e. The smallest absolute Gasteiger partial charge is 0.116 e. The van der Waals surface area contributed by atoms with Gasteiger partial charge in [0, 0.05) is 19.6 Å². The van der Waals surface area contributed by atoms with Crippen molar-refractivity contribution in [3.05, 3.63) is 0 Å². The zero-order chi connectivity index (χ0) is 12.6. The second-order valence-corrected chi connectivity index (χ2v) is 4.91. The molecule has 0 aliphatic carbocycles. The predicted molar refractivity (Wildman–Crippen MR) is 68.4 cm³/mol. The Hall–Kier alpha value is -0.630. The monoisotopic (exact) mass is 226 g/mol. The molecule has 0 fully saturated rings. The molecule has 4 nitrogen and oxygen atoms in total. The third-order valence-electron chi connectivity index (χ3n) is 2.53. The Morgan fingerprint density at radius 2 is 1.88 bits per heavy atom. The van der Waals surface area contributed by atoms with Crippen LogP contribution >= 0.6 is 0 Å². The highest BCUT2D eigenvalue weighted by Gasteiger charge is 2.24. The van der Waals surface area contributed by atoms with Crippen LogP contribution in [0, 0.1) is 11.3 Å². The van der Waals surface area contributed by atoms with Gasteiger partial charge in [0.2, 0.25) is 0 Å². The van der Waals surface area contributed by atoms with Crippen molar-refractivity contribution in [2.24, 2.45) is 0 Å². The van der Waals surface area contributed by atoms with E-state index in [0.717, 1.165) is 32.6 Å². The van der Waals surface area contributed by atoms with Crippen LogP contribution < -0.4 is 5.32 Å². The van der Waals surface area contributed by atoms with Crippen LogP contribution in [-0.4, -0.2) is 62.7 Å². The van der Waals surface area contributed by atoms with Crippen molar-refractivity contribution >= 4 is 0 Å². The van der Waals surface area contributed by atoms with Gasteiger partial charge in [-0.1, -0.05) is 6.92 Å². The van der Waals surface area contributed by atoms with E-state index in [1.807, 2.05) is 6.92 Å². The first-order chi connectivity index (χ1) is 7.43. The van der Waals surface area contributed by atoms with Gasteiger partial charge < -0.3 is 9.80 Å². The summed E-state index contributed by atoms with van der Waals surface area (Å²) in [4.78, 5) is 4.35. The van der Waals surface area contributed by atoms with Gasteiger partial charge >= 0.3 is 0 Å². The van der Waals surface area contributed by atoms with Crippen molar-refractivity contribution in [3.63, 3.8) is 0 Å². The van der Waals surface area contributed by atoms with Crippen molar-refractivity contribution in [2.75, 3.05) is 47.3 Å². The van der Waals surface area contributed by atoms with Gasteiger partial charge in [-0.25, -0.2) is 0 Å². The molecule has 0 spiro atoms. The highest BCUT2D eigenvalue weighted by Crippen LogP contribution is 2.04. The quantitative estimate of drug-likeness (QED) is 0.663. The SMILES string of the molecule is CCCNC(C)(C#N)CN(C)CCN(C)C. The normalized spacial score (nSPS) is 15.1. The minimum atomic E-state index is -0.433. The van der Waals surface area contributed by atoms with Crippen molar-refractivity contribution in [3.8, 4) is 6.07 Å². The number of hydrogen-bond donors (Lipinski definition) is 1. The van der Waals surface area contributed by atoms with Crippen LogP contribution in [0.4, 0.5) is 0 Å². The molecular formula is C12H26N4. The van der Waals surface area contributed by atoms with Crippen molar-refractivity contribution in [1.82, 2.24) is 15.1 Å². The molecular weight excluding hydrogens is 200 g/mol. The molecule has 0 aromatic rings. The largest absolute Gasteiger partial charge is 0.308 e. The van der Waals surface area contributed by atoms with E-state index < -0.39 is 5.54 Å². The van der Waals surface area contributed by atoms with E-state index in [9.17, 15) is 5.26 Å². The number of likely N-dealkylation sites (N-methyl/N-ethyl adjacent to an activating group) is 2. The number of nitriles is 1. The minimum Gasteiger partial charge on any atom is -0.308 e.